The SMILES string of the molecule is CC(=O)N[C@H]1C(=O)N(C)c2ccc(Br)cc21. The Balaban J connectivity index is 2.47. The summed E-state index contributed by atoms with van der Waals surface area (Å²) in [4.78, 5) is 24.5. The molecule has 1 N–H and O–H groups in total. The lowest BCUT2D eigenvalue weighted by Gasteiger charge is -2.11. The van der Waals surface area contributed by atoms with Gasteiger partial charge in [0.15, 0.2) is 0 Å². The van der Waals surface area contributed by atoms with E-state index in [2.05, 4.69) is 21.2 Å². The van der Waals surface area contributed by atoms with Crippen LogP contribution in [0.2, 0.25) is 0 Å². The summed E-state index contributed by atoms with van der Waals surface area (Å²) in [5.74, 6) is -0.317. The zero-order chi connectivity index (χ0) is 11.9. The number of nitrogens with zero attached hydrogens (tertiary/aromatic N) is 1. The number of carbonyl (C=O) groups is 2. The Labute approximate surface area is 102 Å². The van der Waals surface area contributed by atoms with Crippen molar-refractivity contribution in [1.29, 1.82) is 0 Å². The fourth-order valence-corrected chi connectivity index (χ4v) is 2.23. The first-order valence-electron chi connectivity index (χ1n) is 4.85. The zero-order valence-electron chi connectivity index (χ0n) is 8.95. The summed E-state index contributed by atoms with van der Waals surface area (Å²) in [6.07, 6.45) is 0. The summed E-state index contributed by atoms with van der Waals surface area (Å²) in [5.41, 5.74) is 1.67. The second-order valence-corrected chi connectivity index (χ2v) is 4.65. The van der Waals surface area contributed by atoms with Crippen LogP contribution >= 0.6 is 15.9 Å². The molecule has 0 radical (unpaired) electrons. The molecular formula is C11H11BrN2O2. The van der Waals surface area contributed by atoms with E-state index in [9.17, 15) is 9.59 Å². The molecule has 0 bridgehead atoms. The van der Waals surface area contributed by atoms with Crippen LogP contribution in [0.4, 0.5) is 5.69 Å². The number of carbonyl (C=O) groups excluding carboxylic acids is 2. The van der Waals surface area contributed by atoms with Gasteiger partial charge in [0.1, 0.15) is 6.04 Å². The molecule has 5 heteroatoms. The molecule has 16 heavy (non-hydrogen) atoms. The van der Waals surface area contributed by atoms with Gasteiger partial charge in [-0.25, -0.2) is 0 Å². The van der Waals surface area contributed by atoms with Crippen LogP contribution in [-0.4, -0.2) is 18.9 Å². The summed E-state index contributed by atoms with van der Waals surface area (Å²) in [5, 5.41) is 2.65. The number of benzene rings is 1. The van der Waals surface area contributed by atoms with Gasteiger partial charge < -0.3 is 10.2 Å². The van der Waals surface area contributed by atoms with E-state index in [0.29, 0.717) is 0 Å². The molecule has 0 aliphatic carbocycles. The largest absolute Gasteiger partial charge is 0.341 e. The number of hydrogen-bond donors (Lipinski definition) is 1. The van der Waals surface area contributed by atoms with Gasteiger partial charge in [-0.15, -0.1) is 0 Å². The van der Waals surface area contributed by atoms with Gasteiger partial charge >= 0.3 is 0 Å². The third kappa shape index (κ3) is 1.71. The van der Waals surface area contributed by atoms with Crippen LogP contribution in [0.25, 0.3) is 0 Å². The van der Waals surface area contributed by atoms with Crippen LogP contribution in [0.15, 0.2) is 22.7 Å². The van der Waals surface area contributed by atoms with Gasteiger partial charge in [0.2, 0.25) is 5.91 Å². The minimum Gasteiger partial charge on any atom is -0.341 e. The van der Waals surface area contributed by atoms with Crippen molar-refractivity contribution in [2.24, 2.45) is 0 Å². The Hall–Kier alpha value is -1.36. The molecule has 0 saturated heterocycles. The van der Waals surface area contributed by atoms with Crippen LogP contribution in [-0.2, 0) is 9.59 Å². The van der Waals surface area contributed by atoms with Crippen LogP contribution in [0, 0.1) is 0 Å². The molecule has 1 atom stereocenters. The van der Waals surface area contributed by atoms with Gasteiger partial charge in [0.25, 0.3) is 5.91 Å². The van der Waals surface area contributed by atoms with Gasteiger partial charge in [0.05, 0.1) is 0 Å². The number of rotatable bonds is 1. The molecule has 84 valence electrons. The summed E-state index contributed by atoms with van der Waals surface area (Å²) in [6.45, 7) is 1.41. The lowest BCUT2D eigenvalue weighted by molar-refractivity contribution is -0.125. The van der Waals surface area contributed by atoms with E-state index >= 15 is 0 Å². The van der Waals surface area contributed by atoms with Crippen molar-refractivity contribution in [3.05, 3.63) is 28.2 Å². The highest BCUT2D eigenvalue weighted by Crippen LogP contribution is 2.36. The maximum Gasteiger partial charge on any atom is 0.254 e. The van der Waals surface area contributed by atoms with Crippen LogP contribution in [0.3, 0.4) is 0 Å². The van der Waals surface area contributed by atoms with E-state index in [1.54, 1.807) is 11.9 Å². The average Bonchev–Trinajstić information content (AvgIpc) is 2.43. The first kappa shape index (κ1) is 11.1. The molecule has 1 aliphatic heterocycles. The average molecular weight is 283 g/mol. The Bertz CT molecular complexity index is 473. The van der Waals surface area contributed by atoms with Crippen LogP contribution < -0.4 is 10.2 Å². The van der Waals surface area contributed by atoms with Gasteiger partial charge in [-0.05, 0) is 18.2 Å². The number of amides is 2. The van der Waals surface area contributed by atoms with Crippen molar-refractivity contribution >= 4 is 33.4 Å². The fraction of sp³-hybridized carbons (Fsp3) is 0.273. The van der Waals surface area contributed by atoms with E-state index in [4.69, 9.17) is 0 Å². The Morgan fingerprint density at radius 1 is 1.50 bits per heavy atom. The van der Waals surface area contributed by atoms with Crippen LogP contribution in [0.1, 0.15) is 18.5 Å². The van der Waals surface area contributed by atoms with Gasteiger partial charge in [0, 0.05) is 29.7 Å². The summed E-state index contributed by atoms with van der Waals surface area (Å²) in [6, 6.07) is 5.03. The predicted octanol–water partition coefficient (Wildman–Crippen LogP) is 1.60. The van der Waals surface area contributed by atoms with E-state index in [1.165, 1.54) is 6.92 Å². The third-order valence-electron chi connectivity index (χ3n) is 2.59. The van der Waals surface area contributed by atoms with Crippen molar-refractivity contribution in [3.8, 4) is 0 Å². The van der Waals surface area contributed by atoms with Crippen molar-refractivity contribution in [2.75, 3.05) is 11.9 Å². The smallest absolute Gasteiger partial charge is 0.254 e. The number of anilines is 1. The van der Waals surface area contributed by atoms with Gasteiger partial charge in [-0.3, -0.25) is 9.59 Å². The number of likely N-dealkylation sites (N-methyl/N-ethyl adjacent to an activating group) is 1. The molecular weight excluding hydrogens is 272 g/mol. The van der Waals surface area contributed by atoms with Crippen molar-refractivity contribution in [1.82, 2.24) is 5.32 Å². The fourth-order valence-electron chi connectivity index (χ4n) is 1.85. The molecule has 1 aliphatic rings. The Kier molecular flexibility index (Phi) is 2.71. The predicted molar refractivity (Wildman–Crippen MR) is 64.1 cm³/mol. The second-order valence-electron chi connectivity index (χ2n) is 3.73. The molecule has 0 saturated carbocycles. The quantitative estimate of drug-likeness (QED) is 0.851. The molecule has 0 aromatic heterocycles. The van der Waals surface area contributed by atoms with Gasteiger partial charge in [-0.2, -0.15) is 0 Å². The number of nitrogens with one attached hydrogen (secondary N) is 1. The highest BCUT2D eigenvalue weighted by atomic mass is 79.9. The number of fused-ring (bicyclic) bond motifs is 1. The molecule has 4 nitrogen and oxygen atoms in total. The molecule has 1 aromatic rings. The minimum absolute atomic E-state index is 0.108. The third-order valence-corrected chi connectivity index (χ3v) is 3.08. The lowest BCUT2D eigenvalue weighted by Crippen LogP contribution is -2.34. The second kappa shape index (κ2) is 3.90. The van der Waals surface area contributed by atoms with Gasteiger partial charge in [-0.1, -0.05) is 15.9 Å². The minimum atomic E-state index is -0.560. The first-order valence-corrected chi connectivity index (χ1v) is 5.64. The Morgan fingerprint density at radius 3 is 2.81 bits per heavy atom. The summed E-state index contributed by atoms with van der Waals surface area (Å²) >= 11 is 3.36. The number of hydrogen-bond acceptors (Lipinski definition) is 2. The van der Waals surface area contributed by atoms with Crippen molar-refractivity contribution < 1.29 is 9.59 Å². The Morgan fingerprint density at radius 2 is 2.19 bits per heavy atom. The topological polar surface area (TPSA) is 49.4 Å². The van der Waals surface area contributed by atoms with Crippen molar-refractivity contribution in [3.63, 3.8) is 0 Å². The summed E-state index contributed by atoms with van der Waals surface area (Å²) < 4.78 is 0.893. The monoisotopic (exact) mass is 282 g/mol. The molecule has 0 unspecified atom stereocenters. The lowest BCUT2D eigenvalue weighted by atomic mass is 10.1. The molecule has 2 amide bonds. The van der Waals surface area contributed by atoms with E-state index in [0.717, 1.165) is 15.7 Å². The van der Waals surface area contributed by atoms with E-state index < -0.39 is 6.04 Å². The normalized spacial score (nSPS) is 18.6. The van der Waals surface area contributed by atoms with Crippen LogP contribution in [0.5, 0.6) is 0 Å². The maximum absolute atomic E-state index is 11.9. The molecule has 0 fully saturated rings. The molecule has 1 aromatic carbocycles. The first-order chi connectivity index (χ1) is 7.50. The molecule has 1 heterocycles. The standard InChI is InChI=1S/C11H11BrN2O2/c1-6(15)13-10-8-5-7(12)3-4-9(8)14(2)11(10)16/h3-5,10H,1-2H3,(H,13,15)/t10-/m1/s1. The molecule has 2 rings (SSSR count). The highest BCUT2D eigenvalue weighted by molar-refractivity contribution is 9.10. The molecule has 0 spiro atoms. The zero-order valence-corrected chi connectivity index (χ0v) is 10.5. The van der Waals surface area contributed by atoms with Crippen molar-refractivity contribution in [2.45, 2.75) is 13.0 Å². The van der Waals surface area contributed by atoms with E-state index in [1.807, 2.05) is 18.2 Å². The summed E-state index contributed by atoms with van der Waals surface area (Å²) in [7, 11) is 1.71. The maximum atomic E-state index is 11.9. The van der Waals surface area contributed by atoms with E-state index in [-0.39, 0.29) is 11.8 Å². The number of halogens is 1. The highest BCUT2D eigenvalue weighted by Gasteiger charge is 2.35.